The molecule has 1 aliphatic carbocycles. The Labute approximate surface area is 102 Å². The first-order valence-electron chi connectivity index (χ1n) is 6.04. The Bertz CT molecular complexity index is 373. The zero-order chi connectivity index (χ0) is 11.7. The topological polar surface area (TPSA) is 29.9 Å². The Morgan fingerprint density at radius 3 is 2.81 bits per heavy atom. The molecular formula is C12H20ClN3. The van der Waals surface area contributed by atoms with Gasteiger partial charge < -0.3 is 5.32 Å². The zero-order valence-electron chi connectivity index (χ0n) is 10.3. The molecule has 90 valence electrons. The third-order valence-electron chi connectivity index (χ3n) is 3.47. The van der Waals surface area contributed by atoms with E-state index in [-0.39, 0.29) is 0 Å². The molecule has 16 heavy (non-hydrogen) atoms. The van der Waals surface area contributed by atoms with Crippen LogP contribution in [0.3, 0.4) is 0 Å². The van der Waals surface area contributed by atoms with Gasteiger partial charge in [-0.15, -0.1) is 0 Å². The van der Waals surface area contributed by atoms with E-state index in [1.165, 1.54) is 12.0 Å². The standard InChI is InChI=1S/C12H20ClN3/c1-4-11-10(12(13)16(3)15-11)7-14-6-9-5-8(9)2/h8-9,14H,4-7H2,1-3H3. The van der Waals surface area contributed by atoms with Crippen LogP contribution in [0.5, 0.6) is 0 Å². The number of aryl methyl sites for hydroxylation is 2. The minimum atomic E-state index is 0.771. The molecular weight excluding hydrogens is 222 g/mol. The van der Waals surface area contributed by atoms with E-state index in [9.17, 15) is 0 Å². The van der Waals surface area contributed by atoms with Crippen molar-refractivity contribution in [1.82, 2.24) is 15.1 Å². The van der Waals surface area contributed by atoms with Crippen LogP contribution in [0.1, 0.15) is 31.5 Å². The Balaban J connectivity index is 1.92. The first-order valence-corrected chi connectivity index (χ1v) is 6.42. The van der Waals surface area contributed by atoms with E-state index in [1.54, 1.807) is 4.68 Å². The first-order chi connectivity index (χ1) is 7.63. The second-order valence-corrected chi connectivity index (χ2v) is 5.16. The van der Waals surface area contributed by atoms with Crippen LogP contribution in [-0.2, 0) is 20.0 Å². The van der Waals surface area contributed by atoms with E-state index in [2.05, 4.69) is 24.3 Å². The van der Waals surface area contributed by atoms with Gasteiger partial charge in [-0.2, -0.15) is 5.10 Å². The molecule has 1 aromatic rings. The average Bonchev–Trinajstić information content (AvgIpc) is 2.89. The maximum absolute atomic E-state index is 6.21. The lowest BCUT2D eigenvalue weighted by molar-refractivity contribution is 0.610. The molecule has 0 amide bonds. The molecule has 2 rings (SSSR count). The van der Waals surface area contributed by atoms with E-state index in [1.807, 2.05) is 7.05 Å². The SMILES string of the molecule is CCc1nn(C)c(Cl)c1CNCC1CC1C. The number of nitrogens with zero attached hydrogens (tertiary/aromatic N) is 2. The summed E-state index contributed by atoms with van der Waals surface area (Å²) < 4.78 is 1.76. The Morgan fingerprint density at radius 2 is 2.25 bits per heavy atom. The Hall–Kier alpha value is -0.540. The predicted molar refractivity (Wildman–Crippen MR) is 66.6 cm³/mol. The quantitative estimate of drug-likeness (QED) is 0.858. The van der Waals surface area contributed by atoms with Gasteiger partial charge in [0.1, 0.15) is 5.15 Å². The van der Waals surface area contributed by atoms with Crippen LogP contribution in [0.2, 0.25) is 5.15 Å². The second-order valence-electron chi connectivity index (χ2n) is 4.80. The fraction of sp³-hybridized carbons (Fsp3) is 0.750. The van der Waals surface area contributed by atoms with Gasteiger partial charge in [0.2, 0.25) is 0 Å². The van der Waals surface area contributed by atoms with Crippen molar-refractivity contribution < 1.29 is 0 Å². The van der Waals surface area contributed by atoms with Gasteiger partial charge in [-0.05, 0) is 31.2 Å². The summed E-state index contributed by atoms with van der Waals surface area (Å²) in [6.45, 7) is 6.38. The molecule has 1 aliphatic rings. The fourth-order valence-electron chi connectivity index (χ4n) is 2.12. The Kier molecular flexibility index (Phi) is 3.55. The number of nitrogens with one attached hydrogen (secondary N) is 1. The summed E-state index contributed by atoms with van der Waals surface area (Å²) in [4.78, 5) is 0. The molecule has 1 aromatic heterocycles. The lowest BCUT2D eigenvalue weighted by Crippen LogP contribution is -2.17. The van der Waals surface area contributed by atoms with Crippen LogP contribution >= 0.6 is 11.6 Å². The molecule has 1 fully saturated rings. The van der Waals surface area contributed by atoms with Crippen molar-refractivity contribution in [2.75, 3.05) is 6.54 Å². The normalized spacial score (nSPS) is 23.8. The molecule has 1 heterocycles. The highest BCUT2D eigenvalue weighted by atomic mass is 35.5. The number of rotatable bonds is 5. The molecule has 1 saturated carbocycles. The van der Waals surface area contributed by atoms with E-state index >= 15 is 0 Å². The number of hydrogen-bond donors (Lipinski definition) is 1. The summed E-state index contributed by atoms with van der Waals surface area (Å²) >= 11 is 6.21. The van der Waals surface area contributed by atoms with E-state index in [0.717, 1.165) is 42.2 Å². The summed E-state index contributed by atoms with van der Waals surface area (Å²) in [6, 6.07) is 0. The van der Waals surface area contributed by atoms with Crippen LogP contribution in [0, 0.1) is 11.8 Å². The summed E-state index contributed by atoms with van der Waals surface area (Å²) in [5.41, 5.74) is 2.28. The molecule has 1 N–H and O–H groups in total. The van der Waals surface area contributed by atoms with Gasteiger partial charge in [0.25, 0.3) is 0 Å². The van der Waals surface area contributed by atoms with Crippen molar-refractivity contribution in [3.8, 4) is 0 Å². The second kappa shape index (κ2) is 4.76. The van der Waals surface area contributed by atoms with Gasteiger partial charge in [0, 0.05) is 19.2 Å². The lowest BCUT2D eigenvalue weighted by atomic mass is 10.2. The average molecular weight is 242 g/mol. The highest BCUT2D eigenvalue weighted by molar-refractivity contribution is 6.30. The maximum atomic E-state index is 6.21. The number of hydrogen-bond acceptors (Lipinski definition) is 2. The van der Waals surface area contributed by atoms with Gasteiger partial charge in [0.15, 0.2) is 0 Å². The van der Waals surface area contributed by atoms with Crippen molar-refractivity contribution in [2.24, 2.45) is 18.9 Å². The van der Waals surface area contributed by atoms with Crippen molar-refractivity contribution >= 4 is 11.6 Å². The fourth-order valence-corrected chi connectivity index (χ4v) is 2.34. The molecule has 4 heteroatoms. The smallest absolute Gasteiger partial charge is 0.131 e. The summed E-state index contributed by atoms with van der Waals surface area (Å²) in [7, 11) is 1.90. The molecule has 0 spiro atoms. The molecule has 0 radical (unpaired) electrons. The third-order valence-corrected chi connectivity index (χ3v) is 3.94. The molecule has 2 atom stereocenters. The van der Waals surface area contributed by atoms with Crippen molar-refractivity contribution in [1.29, 1.82) is 0 Å². The summed E-state index contributed by atoms with van der Waals surface area (Å²) in [5, 5.41) is 8.66. The lowest BCUT2D eigenvalue weighted by Gasteiger charge is -2.04. The van der Waals surface area contributed by atoms with Crippen LogP contribution in [-0.4, -0.2) is 16.3 Å². The number of aromatic nitrogens is 2. The van der Waals surface area contributed by atoms with Crippen molar-refractivity contribution in [3.05, 3.63) is 16.4 Å². The summed E-state index contributed by atoms with van der Waals surface area (Å²) in [5.74, 6) is 1.78. The highest BCUT2D eigenvalue weighted by Crippen LogP contribution is 2.36. The van der Waals surface area contributed by atoms with Gasteiger partial charge in [-0.25, -0.2) is 0 Å². The van der Waals surface area contributed by atoms with Crippen LogP contribution < -0.4 is 5.32 Å². The number of halogens is 1. The zero-order valence-corrected chi connectivity index (χ0v) is 11.0. The predicted octanol–water partition coefficient (Wildman–Crippen LogP) is 2.38. The molecule has 3 nitrogen and oxygen atoms in total. The summed E-state index contributed by atoms with van der Waals surface area (Å²) in [6.07, 6.45) is 2.31. The maximum Gasteiger partial charge on any atom is 0.131 e. The van der Waals surface area contributed by atoms with E-state index in [0.29, 0.717) is 0 Å². The first kappa shape index (κ1) is 11.9. The van der Waals surface area contributed by atoms with Crippen LogP contribution in [0.15, 0.2) is 0 Å². The molecule has 0 aliphatic heterocycles. The van der Waals surface area contributed by atoms with Gasteiger partial charge in [-0.3, -0.25) is 4.68 Å². The highest BCUT2D eigenvalue weighted by Gasteiger charge is 2.31. The van der Waals surface area contributed by atoms with Gasteiger partial charge in [0.05, 0.1) is 5.69 Å². The largest absolute Gasteiger partial charge is 0.312 e. The van der Waals surface area contributed by atoms with Crippen LogP contribution in [0.25, 0.3) is 0 Å². The molecule has 0 bridgehead atoms. The van der Waals surface area contributed by atoms with Crippen molar-refractivity contribution in [3.63, 3.8) is 0 Å². The minimum Gasteiger partial charge on any atom is -0.312 e. The molecule has 2 unspecified atom stereocenters. The monoisotopic (exact) mass is 241 g/mol. The molecule has 0 saturated heterocycles. The van der Waals surface area contributed by atoms with Gasteiger partial charge >= 0.3 is 0 Å². The third kappa shape index (κ3) is 2.41. The van der Waals surface area contributed by atoms with E-state index in [4.69, 9.17) is 11.6 Å². The van der Waals surface area contributed by atoms with E-state index < -0.39 is 0 Å². The van der Waals surface area contributed by atoms with Crippen LogP contribution in [0.4, 0.5) is 0 Å². The minimum absolute atomic E-state index is 0.771. The van der Waals surface area contributed by atoms with Gasteiger partial charge in [-0.1, -0.05) is 25.4 Å². The Morgan fingerprint density at radius 1 is 1.56 bits per heavy atom. The molecule has 0 aromatic carbocycles. The van der Waals surface area contributed by atoms with Crippen molar-refractivity contribution in [2.45, 2.75) is 33.2 Å².